The van der Waals surface area contributed by atoms with Gasteiger partial charge in [-0.2, -0.15) is 0 Å². The van der Waals surface area contributed by atoms with Crippen molar-refractivity contribution in [2.24, 2.45) is 10.8 Å². The topological polar surface area (TPSA) is 8.88 Å². The highest BCUT2D eigenvalue weighted by atomic mass is 79.9. The molecule has 1 aromatic carbocycles. The van der Waals surface area contributed by atoms with Crippen LogP contribution in [0.15, 0.2) is 28.7 Å². The van der Waals surface area contributed by atoms with Crippen molar-refractivity contribution in [1.82, 2.24) is 0 Å². The number of halogens is 1. The van der Waals surface area contributed by atoms with Gasteiger partial charge in [0.2, 0.25) is 6.17 Å². The Morgan fingerprint density at radius 1 is 1.05 bits per heavy atom. The van der Waals surface area contributed by atoms with E-state index in [1.807, 2.05) is 9.80 Å². The SMILES string of the molecule is CC12C[NH+]3CC(C)(C[NH+](C1)C3c1cccc(Br)c1)C2. The van der Waals surface area contributed by atoms with Crippen LogP contribution < -0.4 is 9.80 Å². The first-order valence-electron chi connectivity index (χ1n) is 7.41. The fourth-order valence-corrected chi connectivity index (χ4v) is 5.99. The van der Waals surface area contributed by atoms with Crippen molar-refractivity contribution >= 4 is 15.9 Å². The summed E-state index contributed by atoms with van der Waals surface area (Å²) in [7, 11) is 0. The quantitative estimate of drug-likeness (QED) is 0.751. The van der Waals surface area contributed by atoms with Crippen molar-refractivity contribution < 1.29 is 9.80 Å². The first kappa shape index (κ1) is 12.4. The summed E-state index contributed by atoms with van der Waals surface area (Å²) in [6.45, 7) is 10.5. The second-order valence-corrected chi connectivity index (χ2v) is 8.73. The first-order chi connectivity index (χ1) is 8.96. The molecule has 3 heteroatoms. The van der Waals surface area contributed by atoms with E-state index in [2.05, 4.69) is 54.0 Å². The van der Waals surface area contributed by atoms with Crippen LogP contribution in [0.1, 0.15) is 32.0 Å². The minimum absolute atomic E-state index is 0.582. The molecule has 0 saturated carbocycles. The van der Waals surface area contributed by atoms with E-state index in [4.69, 9.17) is 0 Å². The summed E-state index contributed by atoms with van der Waals surface area (Å²) in [5, 5.41) is 0. The third kappa shape index (κ3) is 1.90. The highest BCUT2D eigenvalue weighted by Gasteiger charge is 2.62. The van der Waals surface area contributed by atoms with Crippen LogP contribution in [0.3, 0.4) is 0 Å². The van der Waals surface area contributed by atoms with Crippen molar-refractivity contribution in [2.75, 3.05) is 26.2 Å². The summed E-state index contributed by atoms with van der Waals surface area (Å²) in [6, 6.07) is 8.98. The highest BCUT2D eigenvalue weighted by Crippen LogP contribution is 2.39. The van der Waals surface area contributed by atoms with Crippen LogP contribution in [0.4, 0.5) is 0 Å². The molecule has 2 nitrogen and oxygen atoms in total. The number of nitrogens with one attached hydrogen (secondary N) is 2. The van der Waals surface area contributed by atoms with E-state index >= 15 is 0 Å². The van der Waals surface area contributed by atoms with E-state index in [0.717, 1.165) is 0 Å². The van der Waals surface area contributed by atoms with Gasteiger partial charge in [-0.25, -0.2) is 0 Å². The van der Waals surface area contributed by atoms with E-state index in [0.29, 0.717) is 17.0 Å². The fraction of sp³-hybridized carbons (Fsp3) is 0.625. The zero-order valence-corrected chi connectivity index (χ0v) is 13.4. The van der Waals surface area contributed by atoms with Gasteiger partial charge in [0.05, 0.1) is 42.6 Å². The summed E-state index contributed by atoms with van der Waals surface area (Å²) in [5.41, 5.74) is 2.68. The van der Waals surface area contributed by atoms with Crippen molar-refractivity contribution in [3.05, 3.63) is 34.3 Å². The van der Waals surface area contributed by atoms with Crippen molar-refractivity contribution in [3.8, 4) is 0 Å². The molecule has 102 valence electrons. The van der Waals surface area contributed by atoms with Crippen LogP contribution in [0.25, 0.3) is 0 Å². The average Bonchev–Trinajstić information content (AvgIpc) is 2.24. The standard InChI is InChI=1S/C16H21BrN2/c1-15-7-16(2)10-18(8-15)14(19(9-15)11-16)12-4-3-5-13(17)6-12/h3-6,14H,7-11H2,1-2H3/p+2. The second-order valence-electron chi connectivity index (χ2n) is 7.81. The average molecular weight is 323 g/mol. The van der Waals surface area contributed by atoms with Gasteiger partial charge in [-0.05, 0) is 38.5 Å². The maximum Gasteiger partial charge on any atom is 0.240 e. The molecule has 4 aliphatic heterocycles. The lowest BCUT2D eigenvalue weighted by molar-refractivity contribution is -1.18. The number of rotatable bonds is 1. The van der Waals surface area contributed by atoms with Gasteiger partial charge >= 0.3 is 0 Å². The number of hydrogen-bond donors (Lipinski definition) is 2. The van der Waals surface area contributed by atoms with Crippen molar-refractivity contribution in [3.63, 3.8) is 0 Å². The Hall–Kier alpha value is -0.380. The lowest BCUT2D eigenvalue weighted by atomic mass is 9.63. The van der Waals surface area contributed by atoms with Crippen LogP contribution in [0, 0.1) is 10.8 Å². The lowest BCUT2D eigenvalue weighted by Gasteiger charge is -2.60. The Balaban J connectivity index is 1.73. The smallest absolute Gasteiger partial charge is 0.240 e. The molecule has 4 saturated heterocycles. The molecule has 0 amide bonds. The van der Waals surface area contributed by atoms with Crippen LogP contribution in [0.5, 0.6) is 0 Å². The molecule has 0 aliphatic carbocycles. The van der Waals surface area contributed by atoms with Gasteiger partial charge in [0.1, 0.15) is 0 Å². The minimum Gasteiger partial charge on any atom is -0.281 e. The van der Waals surface area contributed by atoms with Crippen molar-refractivity contribution in [1.29, 1.82) is 0 Å². The third-order valence-electron chi connectivity index (χ3n) is 5.47. The molecule has 2 N–H and O–H groups in total. The Labute approximate surface area is 123 Å². The van der Waals surface area contributed by atoms with Gasteiger partial charge in [0.15, 0.2) is 0 Å². The molecule has 19 heavy (non-hydrogen) atoms. The second kappa shape index (κ2) is 3.84. The van der Waals surface area contributed by atoms with E-state index in [-0.39, 0.29) is 0 Å². The van der Waals surface area contributed by atoms with Crippen LogP contribution in [0.2, 0.25) is 0 Å². The van der Waals surface area contributed by atoms with Crippen molar-refractivity contribution in [2.45, 2.75) is 26.4 Å². The Morgan fingerprint density at radius 3 is 2.16 bits per heavy atom. The number of hydrogen-bond acceptors (Lipinski definition) is 0. The van der Waals surface area contributed by atoms with Gasteiger partial charge in [-0.15, -0.1) is 0 Å². The maximum atomic E-state index is 3.63. The van der Waals surface area contributed by atoms with Crippen LogP contribution in [-0.2, 0) is 0 Å². The maximum absolute atomic E-state index is 3.63. The van der Waals surface area contributed by atoms with Gasteiger partial charge in [0, 0.05) is 4.47 Å². The Kier molecular flexibility index (Phi) is 2.50. The predicted molar refractivity (Wildman–Crippen MR) is 79.1 cm³/mol. The largest absolute Gasteiger partial charge is 0.281 e. The van der Waals surface area contributed by atoms with Gasteiger partial charge in [-0.3, -0.25) is 9.80 Å². The van der Waals surface area contributed by atoms with Crippen LogP contribution >= 0.6 is 15.9 Å². The molecule has 0 atom stereocenters. The van der Waals surface area contributed by atoms with E-state index in [9.17, 15) is 0 Å². The van der Waals surface area contributed by atoms with Gasteiger partial charge in [-0.1, -0.05) is 22.0 Å². The summed E-state index contributed by atoms with van der Waals surface area (Å²) in [4.78, 5) is 3.64. The van der Waals surface area contributed by atoms with Gasteiger partial charge in [0.25, 0.3) is 0 Å². The summed E-state index contributed by atoms with van der Waals surface area (Å²) in [5.74, 6) is 0. The molecule has 4 fully saturated rings. The third-order valence-corrected chi connectivity index (χ3v) is 5.96. The van der Waals surface area contributed by atoms with E-state index in [1.165, 1.54) is 42.6 Å². The molecule has 0 aromatic heterocycles. The van der Waals surface area contributed by atoms with Crippen LogP contribution in [-0.4, -0.2) is 26.2 Å². The highest BCUT2D eigenvalue weighted by molar-refractivity contribution is 9.10. The fourth-order valence-electron chi connectivity index (χ4n) is 5.58. The summed E-state index contributed by atoms with van der Waals surface area (Å²) >= 11 is 3.63. The number of piperidine rings is 2. The number of quaternary nitrogens is 2. The number of benzene rings is 1. The molecule has 0 unspecified atom stereocenters. The molecule has 0 radical (unpaired) electrons. The monoisotopic (exact) mass is 322 g/mol. The lowest BCUT2D eigenvalue weighted by Crippen LogP contribution is -3.40. The minimum atomic E-state index is 0.582. The zero-order chi connectivity index (χ0) is 13.3. The summed E-state index contributed by atoms with van der Waals surface area (Å²) in [6.07, 6.45) is 2.11. The van der Waals surface area contributed by atoms with E-state index in [1.54, 1.807) is 0 Å². The molecular formula is C16H23BrN2+2. The molecule has 1 aromatic rings. The van der Waals surface area contributed by atoms with Gasteiger partial charge < -0.3 is 0 Å². The molecule has 4 bridgehead atoms. The van der Waals surface area contributed by atoms with E-state index < -0.39 is 0 Å². The summed E-state index contributed by atoms with van der Waals surface area (Å²) < 4.78 is 1.22. The predicted octanol–water partition coefficient (Wildman–Crippen LogP) is 0.661. The molecule has 5 rings (SSSR count). The molecule has 4 heterocycles. The zero-order valence-electron chi connectivity index (χ0n) is 11.8. The normalized spacial score (nSPS) is 47.6. The molecule has 4 aliphatic rings. The first-order valence-corrected chi connectivity index (χ1v) is 8.20. The Morgan fingerprint density at radius 2 is 1.63 bits per heavy atom. The molecule has 0 spiro atoms. The molecular weight excluding hydrogens is 300 g/mol. The Bertz CT molecular complexity index is 491.